The van der Waals surface area contributed by atoms with E-state index in [0.717, 1.165) is 42.8 Å². The van der Waals surface area contributed by atoms with Crippen LogP contribution in [0.3, 0.4) is 0 Å². The number of rotatable bonds is 8. The van der Waals surface area contributed by atoms with Gasteiger partial charge in [-0.25, -0.2) is 15.3 Å². The predicted molar refractivity (Wildman–Crippen MR) is 149 cm³/mol. The van der Waals surface area contributed by atoms with E-state index in [1.807, 2.05) is 52.0 Å². The SMILES string of the molecule is CCOC(=O)c1cnn(-c2cccc(C3CCCN(C(=O)c4ccccc4)C3)c2)c1C1CC1/C(N)=C/N(C)N. The van der Waals surface area contributed by atoms with Crippen molar-refractivity contribution in [2.45, 2.75) is 38.0 Å². The molecule has 9 heteroatoms. The lowest BCUT2D eigenvalue weighted by Gasteiger charge is -2.33. The number of carbonyl (C=O) groups is 2. The Bertz CT molecular complexity index is 1370. The Morgan fingerprint density at radius 2 is 1.97 bits per heavy atom. The molecule has 1 saturated carbocycles. The van der Waals surface area contributed by atoms with Crippen LogP contribution in [0.25, 0.3) is 5.69 Å². The molecule has 1 aliphatic carbocycles. The molecular weight excluding hydrogens is 492 g/mol. The first-order chi connectivity index (χ1) is 18.9. The summed E-state index contributed by atoms with van der Waals surface area (Å²) < 4.78 is 7.18. The molecule has 4 N–H and O–H groups in total. The second-order valence-electron chi connectivity index (χ2n) is 10.4. The van der Waals surface area contributed by atoms with Crippen LogP contribution < -0.4 is 11.6 Å². The van der Waals surface area contributed by atoms with Gasteiger partial charge in [0.05, 0.1) is 24.2 Å². The minimum absolute atomic E-state index is 0.0282. The molecule has 1 saturated heterocycles. The van der Waals surface area contributed by atoms with Crippen LogP contribution >= 0.6 is 0 Å². The van der Waals surface area contributed by atoms with E-state index in [1.165, 1.54) is 5.01 Å². The van der Waals surface area contributed by atoms with Crippen molar-refractivity contribution in [1.82, 2.24) is 19.7 Å². The molecule has 0 spiro atoms. The number of hydrazine groups is 1. The Morgan fingerprint density at radius 3 is 2.72 bits per heavy atom. The average Bonchev–Trinajstić information content (AvgIpc) is 3.63. The van der Waals surface area contributed by atoms with Crippen LogP contribution in [0, 0.1) is 5.92 Å². The van der Waals surface area contributed by atoms with Gasteiger partial charge < -0.3 is 20.4 Å². The maximum atomic E-state index is 13.1. The van der Waals surface area contributed by atoms with Crippen molar-refractivity contribution in [2.24, 2.45) is 17.5 Å². The summed E-state index contributed by atoms with van der Waals surface area (Å²) >= 11 is 0. The first-order valence-corrected chi connectivity index (χ1v) is 13.5. The fourth-order valence-electron chi connectivity index (χ4n) is 5.59. The van der Waals surface area contributed by atoms with Crippen LogP contribution in [0.1, 0.15) is 70.0 Å². The van der Waals surface area contributed by atoms with Gasteiger partial charge in [0.25, 0.3) is 5.91 Å². The molecule has 0 radical (unpaired) electrons. The Kier molecular flexibility index (Phi) is 7.70. The van der Waals surface area contributed by atoms with Crippen LogP contribution in [-0.4, -0.2) is 58.3 Å². The van der Waals surface area contributed by atoms with Crippen molar-refractivity contribution in [3.8, 4) is 5.69 Å². The van der Waals surface area contributed by atoms with Gasteiger partial charge in [-0.1, -0.05) is 30.3 Å². The average molecular weight is 529 g/mol. The fraction of sp³-hybridized carbons (Fsp3) is 0.367. The van der Waals surface area contributed by atoms with E-state index in [0.29, 0.717) is 23.4 Å². The summed E-state index contributed by atoms with van der Waals surface area (Å²) in [5.74, 6) is 5.76. The van der Waals surface area contributed by atoms with Gasteiger partial charge >= 0.3 is 5.97 Å². The quantitative estimate of drug-likeness (QED) is 0.259. The molecule has 2 fully saturated rings. The number of likely N-dealkylation sites (tertiary alicyclic amines) is 1. The molecule has 9 nitrogen and oxygen atoms in total. The molecule has 3 unspecified atom stereocenters. The number of aromatic nitrogens is 2. The molecule has 2 heterocycles. The maximum Gasteiger partial charge on any atom is 0.341 e. The van der Waals surface area contributed by atoms with Crippen LogP contribution in [0.4, 0.5) is 0 Å². The Balaban J connectivity index is 1.43. The standard InChI is InChI=1S/C30H36N6O3/c1-3-39-30(38)26-17-33-36(28(26)25-16-24(25)27(31)19-34(2)32)23-13-7-11-21(15-23)22-12-8-14-35(18-22)29(37)20-9-5-4-6-10-20/h4-7,9-11,13,15,17,19,22,24-25H,3,8,12,14,16,18,31-32H2,1-2H3/b27-19-. The molecule has 1 aliphatic heterocycles. The molecular formula is C30H36N6O3. The van der Waals surface area contributed by atoms with Crippen molar-refractivity contribution >= 4 is 11.9 Å². The largest absolute Gasteiger partial charge is 0.462 e. The lowest BCUT2D eigenvalue weighted by molar-refractivity contribution is 0.0524. The summed E-state index contributed by atoms with van der Waals surface area (Å²) in [6.45, 7) is 3.49. The maximum absolute atomic E-state index is 13.1. The fourth-order valence-corrected chi connectivity index (χ4v) is 5.59. The third kappa shape index (κ3) is 5.68. The van der Waals surface area contributed by atoms with Crippen molar-refractivity contribution in [3.63, 3.8) is 0 Å². The van der Waals surface area contributed by atoms with Crippen LogP contribution in [0.5, 0.6) is 0 Å². The third-order valence-corrected chi connectivity index (χ3v) is 7.54. The number of hydrogen-bond donors (Lipinski definition) is 2. The molecule has 5 rings (SSSR count). The first-order valence-electron chi connectivity index (χ1n) is 13.5. The number of piperidine rings is 1. The number of ether oxygens (including phenoxy) is 1. The van der Waals surface area contributed by atoms with Crippen molar-refractivity contribution in [2.75, 3.05) is 26.7 Å². The number of carbonyl (C=O) groups excluding carboxylic acids is 2. The van der Waals surface area contributed by atoms with Gasteiger partial charge in [-0.15, -0.1) is 0 Å². The first kappa shape index (κ1) is 26.5. The van der Waals surface area contributed by atoms with E-state index in [9.17, 15) is 9.59 Å². The van der Waals surface area contributed by atoms with E-state index in [4.69, 9.17) is 16.3 Å². The lowest BCUT2D eigenvalue weighted by Crippen LogP contribution is -2.39. The van der Waals surface area contributed by atoms with Gasteiger partial charge in [0.15, 0.2) is 0 Å². The third-order valence-electron chi connectivity index (χ3n) is 7.54. The van der Waals surface area contributed by atoms with Gasteiger partial charge in [0, 0.05) is 55.4 Å². The highest BCUT2D eigenvalue weighted by molar-refractivity contribution is 5.94. The monoisotopic (exact) mass is 528 g/mol. The molecule has 1 amide bonds. The van der Waals surface area contributed by atoms with Crippen molar-refractivity contribution in [3.05, 3.63) is 95.1 Å². The molecule has 3 aromatic rings. The normalized spacial score (nSPS) is 20.9. The van der Waals surface area contributed by atoms with Gasteiger partial charge in [-0.05, 0) is 56.0 Å². The number of nitrogens with two attached hydrogens (primary N) is 2. The van der Waals surface area contributed by atoms with Gasteiger partial charge in [0.2, 0.25) is 0 Å². The minimum atomic E-state index is -0.388. The number of nitrogens with zero attached hydrogens (tertiary/aromatic N) is 4. The molecule has 1 aromatic heterocycles. The number of allylic oxidation sites excluding steroid dienone is 1. The summed E-state index contributed by atoms with van der Waals surface area (Å²) in [6.07, 6.45) is 6.04. The van der Waals surface area contributed by atoms with E-state index in [2.05, 4.69) is 17.2 Å². The zero-order valence-electron chi connectivity index (χ0n) is 22.5. The zero-order chi connectivity index (χ0) is 27.5. The summed E-state index contributed by atoms with van der Waals surface area (Å²) in [7, 11) is 1.73. The number of benzene rings is 2. The van der Waals surface area contributed by atoms with E-state index < -0.39 is 0 Å². The summed E-state index contributed by atoms with van der Waals surface area (Å²) in [5, 5.41) is 6.07. The molecule has 204 valence electrons. The highest BCUT2D eigenvalue weighted by Crippen LogP contribution is 2.52. The Morgan fingerprint density at radius 1 is 1.18 bits per heavy atom. The second-order valence-corrected chi connectivity index (χ2v) is 10.4. The van der Waals surface area contributed by atoms with Crippen LogP contribution in [-0.2, 0) is 4.74 Å². The molecule has 3 atom stereocenters. The van der Waals surface area contributed by atoms with Gasteiger partial charge in [-0.2, -0.15) is 5.10 Å². The van der Waals surface area contributed by atoms with E-state index in [-0.39, 0.29) is 36.2 Å². The van der Waals surface area contributed by atoms with Gasteiger partial charge in [0.1, 0.15) is 5.56 Å². The van der Waals surface area contributed by atoms with E-state index >= 15 is 0 Å². The predicted octanol–water partition coefficient (Wildman–Crippen LogP) is 3.78. The topological polar surface area (TPSA) is 120 Å². The summed E-state index contributed by atoms with van der Waals surface area (Å²) in [6, 6.07) is 17.7. The number of amides is 1. The smallest absolute Gasteiger partial charge is 0.341 e. The lowest BCUT2D eigenvalue weighted by atomic mass is 9.90. The van der Waals surface area contributed by atoms with Gasteiger partial charge in [-0.3, -0.25) is 4.79 Å². The minimum Gasteiger partial charge on any atom is -0.462 e. The Hall–Kier alpha value is -4.11. The summed E-state index contributed by atoms with van der Waals surface area (Å²) in [5.41, 5.74) is 11.0. The zero-order valence-corrected chi connectivity index (χ0v) is 22.5. The second kappa shape index (κ2) is 11.3. The Labute approximate surface area is 229 Å². The highest BCUT2D eigenvalue weighted by atomic mass is 16.5. The number of hydrogen-bond acceptors (Lipinski definition) is 7. The molecule has 39 heavy (non-hydrogen) atoms. The summed E-state index contributed by atoms with van der Waals surface area (Å²) in [4.78, 5) is 27.9. The highest BCUT2D eigenvalue weighted by Gasteiger charge is 2.45. The number of esters is 1. The van der Waals surface area contributed by atoms with Crippen LogP contribution in [0.15, 0.2) is 72.7 Å². The van der Waals surface area contributed by atoms with Crippen molar-refractivity contribution in [1.29, 1.82) is 0 Å². The molecule has 2 aromatic carbocycles. The van der Waals surface area contributed by atoms with Crippen LogP contribution in [0.2, 0.25) is 0 Å². The van der Waals surface area contributed by atoms with E-state index in [1.54, 1.807) is 26.4 Å². The molecule has 2 aliphatic rings. The van der Waals surface area contributed by atoms with Crippen molar-refractivity contribution < 1.29 is 14.3 Å². The molecule has 0 bridgehead atoms.